The molecule has 0 spiro atoms. The maximum absolute atomic E-state index is 12.2. The van der Waals surface area contributed by atoms with Gasteiger partial charge < -0.3 is 10.1 Å². The first kappa shape index (κ1) is 16.3. The van der Waals surface area contributed by atoms with Gasteiger partial charge in [0.15, 0.2) is 0 Å². The van der Waals surface area contributed by atoms with Crippen LogP contribution in [0.4, 0.5) is 26.3 Å². The van der Waals surface area contributed by atoms with E-state index in [0.29, 0.717) is 11.4 Å². The highest BCUT2D eigenvalue weighted by Crippen LogP contribution is 2.36. The highest BCUT2D eigenvalue weighted by Gasteiger charge is 2.57. The van der Waals surface area contributed by atoms with Crippen molar-refractivity contribution in [3.8, 4) is 0 Å². The van der Waals surface area contributed by atoms with Gasteiger partial charge >= 0.3 is 12.4 Å². The van der Waals surface area contributed by atoms with Gasteiger partial charge in [-0.3, -0.25) is 0 Å². The SMILES string of the molecule is CNCc1ccc(COC(C(F)(F)F)C(F)(F)F)s1. The van der Waals surface area contributed by atoms with Gasteiger partial charge in [0, 0.05) is 16.3 Å². The molecular weight excluding hydrogens is 296 g/mol. The molecule has 2 nitrogen and oxygen atoms in total. The first-order valence-corrected chi connectivity index (χ1v) is 5.93. The molecule has 1 aromatic heterocycles. The second-order valence-corrected chi connectivity index (χ2v) is 4.93. The topological polar surface area (TPSA) is 21.3 Å². The van der Waals surface area contributed by atoms with Crippen LogP contribution in [0.25, 0.3) is 0 Å². The minimum atomic E-state index is -5.47. The standard InChI is InChI=1S/C10H11F6NOS/c1-17-4-6-2-3-7(19-6)5-18-8(9(11,12)13)10(14,15)16/h2-3,8,17H,4-5H2,1H3. The van der Waals surface area contributed by atoms with Gasteiger partial charge in [0.2, 0.25) is 6.10 Å². The van der Waals surface area contributed by atoms with Crippen molar-refractivity contribution < 1.29 is 31.1 Å². The van der Waals surface area contributed by atoms with Crippen molar-refractivity contribution in [2.24, 2.45) is 0 Å². The minimum absolute atomic E-state index is 0.309. The van der Waals surface area contributed by atoms with Gasteiger partial charge in [0.05, 0.1) is 6.61 Å². The zero-order valence-corrected chi connectivity index (χ0v) is 10.5. The van der Waals surface area contributed by atoms with E-state index >= 15 is 0 Å². The van der Waals surface area contributed by atoms with Gasteiger partial charge in [-0.25, -0.2) is 0 Å². The molecule has 0 aromatic carbocycles. The molecule has 0 aliphatic rings. The third-order valence-electron chi connectivity index (χ3n) is 2.06. The molecule has 0 amide bonds. The second kappa shape index (κ2) is 6.10. The summed E-state index contributed by atoms with van der Waals surface area (Å²) in [4.78, 5) is 1.11. The van der Waals surface area contributed by atoms with E-state index in [4.69, 9.17) is 0 Å². The Bertz CT molecular complexity index is 385. The summed E-state index contributed by atoms with van der Waals surface area (Å²) < 4.78 is 77.1. The molecule has 0 aliphatic heterocycles. The van der Waals surface area contributed by atoms with Crippen molar-refractivity contribution >= 4 is 11.3 Å². The molecule has 0 atom stereocenters. The maximum Gasteiger partial charge on any atom is 0.423 e. The lowest BCUT2D eigenvalue weighted by molar-refractivity contribution is -0.324. The van der Waals surface area contributed by atoms with E-state index in [9.17, 15) is 26.3 Å². The molecule has 9 heteroatoms. The van der Waals surface area contributed by atoms with Crippen molar-refractivity contribution in [1.29, 1.82) is 0 Å². The van der Waals surface area contributed by atoms with Crippen LogP contribution in [0.1, 0.15) is 9.75 Å². The van der Waals surface area contributed by atoms with Gasteiger partial charge in [-0.1, -0.05) is 0 Å². The Morgan fingerprint density at radius 2 is 1.63 bits per heavy atom. The highest BCUT2D eigenvalue weighted by atomic mass is 32.1. The molecule has 0 unspecified atom stereocenters. The summed E-state index contributed by atoms with van der Waals surface area (Å²) in [6.07, 6.45) is -14.7. The van der Waals surface area contributed by atoms with Gasteiger partial charge in [-0.05, 0) is 19.2 Å². The first-order valence-electron chi connectivity index (χ1n) is 5.12. The van der Waals surface area contributed by atoms with Crippen LogP contribution >= 0.6 is 11.3 Å². The van der Waals surface area contributed by atoms with E-state index in [1.165, 1.54) is 6.07 Å². The monoisotopic (exact) mass is 307 g/mol. The van der Waals surface area contributed by atoms with E-state index in [1.54, 1.807) is 13.1 Å². The summed E-state index contributed by atoms with van der Waals surface area (Å²) in [5.41, 5.74) is 0. The molecule has 1 N–H and O–H groups in total. The summed E-state index contributed by atoms with van der Waals surface area (Å²) in [7, 11) is 1.68. The third-order valence-corrected chi connectivity index (χ3v) is 3.11. The average Bonchev–Trinajstić information content (AvgIpc) is 2.62. The summed E-state index contributed by atoms with van der Waals surface area (Å²) in [5.74, 6) is 0. The molecule has 1 rings (SSSR count). The molecule has 0 saturated heterocycles. The fraction of sp³-hybridized carbons (Fsp3) is 0.600. The van der Waals surface area contributed by atoms with Crippen LogP contribution in [0.3, 0.4) is 0 Å². The van der Waals surface area contributed by atoms with Crippen LogP contribution in [0, 0.1) is 0 Å². The number of rotatable bonds is 5. The second-order valence-electron chi connectivity index (χ2n) is 3.67. The summed E-state index contributed by atoms with van der Waals surface area (Å²) in [6, 6.07) is 3.07. The Morgan fingerprint density at radius 3 is 2.11 bits per heavy atom. The lowest BCUT2D eigenvalue weighted by Gasteiger charge is -2.22. The number of thiophene rings is 1. The summed E-state index contributed by atoms with van der Waals surface area (Å²) in [5, 5.41) is 2.82. The van der Waals surface area contributed by atoms with Crippen molar-refractivity contribution in [3.05, 3.63) is 21.9 Å². The zero-order chi connectivity index (χ0) is 14.7. The van der Waals surface area contributed by atoms with E-state index in [0.717, 1.165) is 16.2 Å². The lowest BCUT2D eigenvalue weighted by Crippen LogP contribution is -2.44. The minimum Gasteiger partial charge on any atom is -0.355 e. The van der Waals surface area contributed by atoms with Gasteiger partial charge in [0.1, 0.15) is 0 Å². The largest absolute Gasteiger partial charge is 0.423 e. The molecule has 0 aliphatic carbocycles. The maximum atomic E-state index is 12.2. The number of nitrogens with one attached hydrogen (secondary N) is 1. The number of hydrogen-bond acceptors (Lipinski definition) is 3. The fourth-order valence-corrected chi connectivity index (χ4v) is 2.26. The van der Waals surface area contributed by atoms with Crippen LogP contribution in [-0.2, 0) is 17.9 Å². The number of halogens is 6. The Labute approximate surface area is 109 Å². The summed E-state index contributed by atoms with van der Waals surface area (Å²) >= 11 is 1.10. The predicted octanol–water partition coefficient (Wildman–Crippen LogP) is 3.48. The predicted molar refractivity (Wildman–Crippen MR) is 57.8 cm³/mol. The Kier molecular flexibility index (Phi) is 5.22. The molecule has 0 saturated carbocycles. The number of alkyl halides is 6. The quantitative estimate of drug-likeness (QED) is 0.841. The van der Waals surface area contributed by atoms with E-state index in [2.05, 4.69) is 10.1 Å². The third kappa shape index (κ3) is 5.00. The van der Waals surface area contributed by atoms with Gasteiger partial charge in [-0.15, -0.1) is 11.3 Å². The van der Waals surface area contributed by atoms with Crippen LogP contribution < -0.4 is 5.32 Å². The number of hydrogen-bond donors (Lipinski definition) is 1. The van der Waals surface area contributed by atoms with Crippen LogP contribution in [0.2, 0.25) is 0 Å². The van der Waals surface area contributed by atoms with Crippen molar-refractivity contribution in [3.63, 3.8) is 0 Å². The fourth-order valence-electron chi connectivity index (χ4n) is 1.31. The summed E-state index contributed by atoms with van der Waals surface area (Å²) in [6.45, 7) is -0.231. The Balaban J connectivity index is 2.66. The van der Waals surface area contributed by atoms with Crippen molar-refractivity contribution in [2.45, 2.75) is 31.6 Å². The molecule has 1 aromatic rings. The van der Waals surface area contributed by atoms with Crippen molar-refractivity contribution in [1.82, 2.24) is 5.32 Å². The van der Waals surface area contributed by atoms with Crippen LogP contribution in [0.5, 0.6) is 0 Å². The zero-order valence-electron chi connectivity index (χ0n) is 9.73. The van der Waals surface area contributed by atoms with E-state index < -0.39 is 25.1 Å². The first-order chi connectivity index (χ1) is 8.64. The van der Waals surface area contributed by atoms with E-state index in [-0.39, 0.29) is 0 Å². The molecule has 0 radical (unpaired) electrons. The van der Waals surface area contributed by atoms with Gasteiger partial charge in [0.25, 0.3) is 0 Å². The molecule has 19 heavy (non-hydrogen) atoms. The van der Waals surface area contributed by atoms with Crippen molar-refractivity contribution in [2.75, 3.05) is 7.05 Å². The molecule has 1 heterocycles. The average molecular weight is 307 g/mol. The highest BCUT2D eigenvalue weighted by molar-refractivity contribution is 7.11. The van der Waals surface area contributed by atoms with Gasteiger partial charge in [-0.2, -0.15) is 26.3 Å². The molecule has 110 valence electrons. The van der Waals surface area contributed by atoms with Crippen LogP contribution in [-0.4, -0.2) is 25.5 Å². The number of ether oxygens (including phenoxy) is 1. The van der Waals surface area contributed by atoms with Crippen LogP contribution in [0.15, 0.2) is 12.1 Å². The Morgan fingerprint density at radius 1 is 1.11 bits per heavy atom. The molecule has 0 fully saturated rings. The lowest BCUT2D eigenvalue weighted by atomic mass is 10.3. The molecule has 0 bridgehead atoms. The van der Waals surface area contributed by atoms with E-state index in [1.807, 2.05) is 0 Å². The molecular formula is C10H11F6NOS. The smallest absolute Gasteiger partial charge is 0.355 e. The normalized spacial score (nSPS) is 13.3. The Hall–Kier alpha value is -0.800.